The molecule has 1 aliphatic heterocycles. The summed E-state index contributed by atoms with van der Waals surface area (Å²) in [4.78, 5) is 4.11. The number of aromatic nitrogens is 2. The summed E-state index contributed by atoms with van der Waals surface area (Å²) in [6, 6.07) is -0.0316. The van der Waals surface area contributed by atoms with E-state index in [2.05, 4.69) is 15.0 Å². The molecule has 0 saturated carbocycles. The minimum absolute atomic E-state index is 0. The lowest BCUT2D eigenvalue weighted by molar-refractivity contribution is 0.428. The van der Waals surface area contributed by atoms with Gasteiger partial charge in [-0.1, -0.05) is 0 Å². The van der Waals surface area contributed by atoms with Gasteiger partial charge in [-0.2, -0.15) is 0 Å². The highest BCUT2D eigenvalue weighted by molar-refractivity contribution is 7.89. The number of imidazole rings is 1. The van der Waals surface area contributed by atoms with Gasteiger partial charge in [-0.15, -0.1) is 12.4 Å². The number of hydrogen-bond donors (Lipinski definition) is 2. The van der Waals surface area contributed by atoms with Crippen molar-refractivity contribution in [2.45, 2.75) is 44.3 Å². The van der Waals surface area contributed by atoms with Crippen LogP contribution in [-0.4, -0.2) is 37.1 Å². The molecule has 2 N–H and O–H groups in total. The van der Waals surface area contributed by atoms with Crippen molar-refractivity contribution in [2.75, 3.05) is 13.1 Å². The van der Waals surface area contributed by atoms with Crippen LogP contribution in [0.5, 0.6) is 0 Å². The number of sulfonamides is 1. The normalized spacial score (nSPS) is 20.0. The summed E-state index contributed by atoms with van der Waals surface area (Å²) < 4.78 is 28.9. The lowest BCUT2D eigenvalue weighted by Crippen LogP contribution is -2.45. The molecule has 2 rings (SSSR count). The fourth-order valence-corrected chi connectivity index (χ4v) is 3.44. The van der Waals surface area contributed by atoms with Crippen LogP contribution >= 0.6 is 12.4 Å². The van der Waals surface area contributed by atoms with E-state index >= 15 is 0 Å². The summed E-state index contributed by atoms with van der Waals surface area (Å²) in [6.07, 6.45) is 3.46. The highest BCUT2D eigenvalue weighted by Gasteiger charge is 2.24. The molecule has 110 valence electrons. The zero-order valence-corrected chi connectivity index (χ0v) is 12.9. The Hall–Kier alpha value is -0.630. The Bertz CT molecular complexity index is 509. The minimum Gasteiger partial charge on any atom is -0.334 e. The quantitative estimate of drug-likeness (QED) is 0.857. The van der Waals surface area contributed by atoms with Crippen molar-refractivity contribution in [1.82, 2.24) is 19.6 Å². The third kappa shape index (κ3) is 3.92. The van der Waals surface area contributed by atoms with Crippen molar-refractivity contribution in [3.05, 3.63) is 12.0 Å². The topological polar surface area (TPSA) is 76.0 Å². The zero-order valence-electron chi connectivity index (χ0n) is 11.2. The maximum absolute atomic E-state index is 12.2. The number of hydrogen-bond acceptors (Lipinski definition) is 4. The monoisotopic (exact) mass is 308 g/mol. The Labute approximate surface area is 120 Å². The molecule has 1 atom stereocenters. The number of rotatable bonds is 4. The van der Waals surface area contributed by atoms with Crippen molar-refractivity contribution < 1.29 is 8.42 Å². The second-order valence-electron chi connectivity index (χ2n) is 4.58. The second kappa shape index (κ2) is 6.69. The molecule has 1 aromatic heterocycles. The van der Waals surface area contributed by atoms with Crippen molar-refractivity contribution in [2.24, 2.45) is 0 Å². The molecule has 6 nitrogen and oxygen atoms in total. The molecule has 0 aliphatic carbocycles. The number of aryl methyl sites for hydroxylation is 2. The van der Waals surface area contributed by atoms with Gasteiger partial charge in [0.05, 0.1) is 0 Å². The van der Waals surface area contributed by atoms with Crippen LogP contribution in [0.25, 0.3) is 0 Å². The summed E-state index contributed by atoms with van der Waals surface area (Å²) in [5, 5.41) is 3.30. The minimum atomic E-state index is -3.49. The highest BCUT2D eigenvalue weighted by atomic mass is 35.5. The van der Waals surface area contributed by atoms with Gasteiger partial charge in [0.25, 0.3) is 10.0 Å². The molecule has 0 bridgehead atoms. The standard InChI is InChI=1S/C11H20N4O2S.ClH/c1-3-15-8-11(13-9(15)2)18(16,17)14-10-5-4-6-12-7-10;/h8,10,12,14H,3-7H2,1-2H3;1H/t10-;/m1./s1. The first-order chi connectivity index (χ1) is 8.53. The molecular weight excluding hydrogens is 288 g/mol. The predicted molar refractivity (Wildman–Crippen MR) is 76.1 cm³/mol. The molecule has 1 saturated heterocycles. The number of piperidine rings is 1. The van der Waals surface area contributed by atoms with E-state index in [0.717, 1.165) is 31.8 Å². The van der Waals surface area contributed by atoms with Gasteiger partial charge in [0, 0.05) is 25.3 Å². The molecule has 1 fully saturated rings. The Morgan fingerprint density at radius 3 is 2.84 bits per heavy atom. The van der Waals surface area contributed by atoms with Crippen molar-refractivity contribution >= 4 is 22.4 Å². The van der Waals surface area contributed by atoms with Gasteiger partial charge in [0.1, 0.15) is 5.82 Å². The van der Waals surface area contributed by atoms with E-state index in [1.54, 1.807) is 6.20 Å². The van der Waals surface area contributed by atoms with Gasteiger partial charge < -0.3 is 9.88 Å². The highest BCUT2D eigenvalue weighted by Crippen LogP contribution is 2.11. The van der Waals surface area contributed by atoms with Crippen LogP contribution in [0.4, 0.5) is 0 Å². The second-order valence-corrected chi connectivity index (χ2v) is 6.24. The van der Waals surface area contributed by atoms with Crippen LogP contribution in [0.2, 0.25) is 0 Å². The molecule has 1 aliphatic rings. The molecule has 0 amide bonds. The summed E-state index contributed by atoms with van der Waals surface area (Å²) in [6.45, 7) is 6.14. The SMILES string of the molecule is CCn1cc(S(=O)(=O)N[C@@H]2CCCNC2)nc1C.Cl. The van der Waals surface area contributed by atoms with E-state index < -0.39 is 10.0 Å². The van der Waals surface area contributed by atoms with Gasteiger partial charge >= 0.3 is 0 Å². The van der Waals surface area contributed by atoms with E-state index in [4.69, 9.17) is 0 Å². The van der Waals surface area contributed by atoms with Crippen LogP contribution in [0.1, 0.15) is 25.6 Å². The van der Waals surface area contributed by atoms with E-state index in [1.807, 2.05) is 18.4 Å². The van der Waals surface area contributed by atoms with Crippen LogP contribution < -0.4 is 10.0 Å². The third-order valence-corrected chi connectivity index (χ3v) is 4.58. The maximum atomic E-state index is 12.2. The van der Waals surface area contributed by atoms with Crippen LogP contribution in [-0.2, 0) is 16.6 Å². The molecule has 19 heavy (non-hydrogen) atoms. The molecule has 0 radical (unpaired) electrons. The smallest absolute Gasteiger partial charge is 0.259 e. The summed E-state index contributed by atoms with van der Waals surface area (Å²) in [7, 11) is -3.49. The van der Waals surface area contributed by atoms with Crippen molar-refractivity contribution in [3.8, 4) is 0 Å². The van der Waals surface area contributed by atoms with E-state index in [9.17, 15) is 8.42 Å². The van der Waals surface area contributed by atoms with Gasteiger partial charge in [0.2, 0.25) is 0 Å². The Kier molecular flexibility index (Phi) is 5.79. The number of nitrogens with one attached hydrogen (secondary N) is 2. The predicted octanol–water partition coefficient (Wildman–Crippen LogP) is 0.664. The van der Waals surface area contributed by atoms with Gasteiger partial charge in [-0.05, 0) is 33.2 Å². The Morgan fingerprint density at radius 1 is 1.58 bits per heavy atom. The van der Waals surface area contributed by atoms with Crippen molar-refractivity contribution in [3.63, 3.8) is 0 Å². The fraction of sp³-hybridized carbons (Fsp3) is 0.727. The summed E-state index contributed by atoms with van der Waals surface area (Å²) in [5.74, 6) is 0.722. The molecule has 1 aromatic rings. The lowest BCUT2D eigenvalue weighted by Gasteiger charge is -2.23. The average molecular weight is 309 g/mol. The molecule has 2 heterocycles. The Balaban J connectivity index is 0.00000180. The molecule has 0 aromatic carbocycles. The number of halogens is 1. The maximum Gasteiger partial charge on any atom is 0.259 e. The Morgan fingerprint density at radius 2 is 2.32 bits per heavy atom. The average Bonchev–Trinajstić information content (AvgIpc) is 2.72. The molecule has 0 spiro atoms. The van der Waals surface area contributed by atoms with Gasteiger partial charge in [-0.3, -0.25) is 0 Å². The largest absolute Gasteiger partial charge is 0.334 e. The van der Waals surface area contributed by atoms with Gasteiger partial charge in [0.15, 0.2) is 5.03 Å². The molecule has 0 unspecified atom stereocenters. The van der Waals surface area contributed by atoms with Gasteiger partial charge in [-0.25, -0.2) is 18.1 Å². The first-order valence-electron chi connectivity index (χ1n) is 6.29. The first-order valence-corrected chi connectivity index (χ1v) is 7.78. The summed E-state index contributed by atoms with van der Waals surface area (Å²) >= 11 is 0. The van der Waals surface area contributed by atoms with E-state index in [0.29, 0.717) is 6.54 Å². The van der Waals surface area contributed by atoms with Crippen molar-refractivity contribution in [1.29, 1.82) is 0 Å². The van der Waals surface area contributed by atoms with Crippen LogP contribution in [0.15, 0.2) is 11.2 Å². The molecular formula is C11H21ClN4O2S. The fourth-order valence-electron chi connectivity index (χ4n) is 2.16. The lowest BCUT2D eigenvalue weighted by atomic mass is 10.1. The number of nitrogens with zero attached hydrogens (tertiary/aromatic N) is 2. The summed E-state index contributed by atoms with van der Waals surface area (Å²) in [5.41, 5.74) is 0. The van der Waals surface area contributed by atoms with E-state index in [-0.39, 0.29) is 23.5 Å². The van der Waals surface area contributed by atoms with Crippen LogP contribution in [0.3, 0.4) is 0 Å². The van der Waals surface area contributed by atoms with E-state index in [1.165, 1.54) is 0 Å². The van der Waals surface area contributed by atoms with Crippen LogP contribution in [0, 0.1) is 6.92 Å². The first kappa shape index (κ1) is 16.4. The zero-order chi connectivity index (χ0) is 13.2. The third-order valence-electron chi connectivity index (χ3n) is 3.19. The molecule has 8 heteroatoms.